The molecule has 1 aliphatic rings. The first-order valence-electron chi connectivity index (χ1n) is 9.51. The third-order valence-electron chi connectivity index (χ3n) is 5.70. The van der Waals surface area contributed by atoms with Crippen molar-refractivity contribution in [1.82, 2.24) is 4.90 Å². The van der Waals surface area contributed by atoms with Gasteiger partial charge in [-0.2, -0.15) is 0 Å². The number of rotatable bonds is 6. The van der Waals surface area contributed by atoms with E-state index in [0.717, 1.165) is 19.5 Å². The molecule has 0 bridgehead atoms. The van der Waals surface area contributed by atoms with Crippen LogP contribution in [0.5, 0.6) is 0 Å². The monoisotopic (exact) mass is 336 g/mol. The normalized spacial score (nSPS) is 14.4. The van der Waals surface area contributed by atoms with Crippen molar-refractivity contribution in [3.63, 3.8) is 0 Å². The summed E-state index contributed by atoms with van der Waals surface area (Å²) in [6, 6.07) is 18.2. The molecule has 0 saturated carbocycles. The maximum absolute atomic E-state index is 2.54. The number of hydrogen-bond donors (Lipinski definition) is 0. The summed E-state index contributed by atoms with van der Waals surface area (Å²) in [5.74, 6) is 0. The first-order valence-corrected chi connectivity index (χ1v) is 9.51. The number of anilines is 1. The fourth-order valence-corrected chi connectivity index (χ4v) is 3.91. The molecule has 2 aromatic carbocycles. The van der Waals surface area contributed by atoms with Gasteiger partial charge in [0.15, 0.2) is 0 Å². The fourth-order valence-electron chi connectivity index (χ4n) is 3.91. The third kappa shape index (κ3) is 3.90. The predicted molar refractivity (Wildman–Crippen MR) is 108 cm³/mol. The van der Waals surface area contributed by atoms with E-state index in [1.165, 1.54) is 23.2 Å². The second-order valence-electron chi connectivity index (χ2n) is 8.28. The molecule has 3 rings (SSSR count). The second-order valence-corrected chi connectivity index (χ2v) is 8.28. The summed E-state index contributed by atoms with van der Waals surface area (Å²) in [5, 5.41) is 0. The van der Waals surface area contributed by atoms with Crippen molar-refractivity contribution in [2.75, 3.05) is 18.5 Å². The quantitative estimate of drug-likeness (QED) is 0.739. The van der Waals surface area contributed by atoms with Gasteiger partial charge in [-0.15, -0.1) is 0 Å². The molecular weight excluding hydrogens is 304 g/mol. The Morgan fingerprint density at radius 1 is 1.04 bits per heavy atom. The minimum Gasteiger partial charge on any atom is -0.369 e. The minimum atomic E-state index is 0.121. The van der Waals surface area contributed by atoms with Crippen LogP contribution in [0.1, 0.15) is 44.4 Å². The van der Waals surface area contributed by atoms with Crippen molar-refractivity contribution >= 4 is 5.69 Å². The Balaban J connectivity index is 1.77. The van der Waals surface area contributed by atoms with Crippen molar-refractivity contribution in [1.29, 1.82) is 0 Å². The molecule has 2 aromatic rings. The van der Waals surface area contributed by atoms with Crippen LogP contribution in [0.15, 0.2) is 48.5 Å². The van der Waals surface area contributed by atoms with Gasteiger partial charge in [-0.3, -0.25) is 4.90 Å². The molecule has 2 heteroatoms. The van der Waals surface area contributed by atoms with E-state index in [4.69, 9.17) is 0 Å². The molecule has 2 nitrogen and oxygen atoms in total. The molecule has 0 atom stereocenters. The van der Waals surface area contributed by atoms with Crippen molar-refractivity contribution in [2.45, 2.75) is 58.7 Å². The zero-order valence-corrected chi connectivity index (χ0v) is 16.4. The van der Waals surface area contributed by atoms with Gasteiger partial charge in [0, 0.05) is 30.4 Å². The number of benzene rings is 2. The van der Waals surface area contributed by atoms with Crippen LogP contribution >= 0.6 is 0 Å². The van der Waals surface area contributed by atoms with E-state index in [1.807, 2.05) is 0 Å². The van der Waals surface area contributed by atoms with Crippen LogP contribution in [0.3, 0.4) is 0 Å². The standard InChI is InChI=1S/C23H32N2/c1-18(2)25-15-14-21-20(12-9-13-22(21)25)16-23(3,4)24(5)17-19-10-7-6-8-11-19/h6-13,18H,14-17H2,1-5H3. The van der Waals surface area contributed by atoms with E-state index in [2.05, 4.69) is 93.1 Å². The maximum Gasteiger partial charge on any atom is 0.0404 e. The summed E-state index contributed by atoms with van der Waals surface area (Å²) in [6.45, 7) is 11.5. The molecule has 0 amide bonds. The molecule has 0 aromatic heterocycles. The smallest absolute Gasteiger partial charge is 0.0404 e. The SMILES string of the molecule is CC(C)N1CCc2c(CC(C)(C)N(C)Cc3ccccc3)cccc21. The molecule has 0 unspecified atom stereocenters. The highest BCUT2D eigenvalue weighted by Crippen LogP contribution is 2.34. The van der Waals surface area contributed by atoms with E-state index >= 15 is 0 Å². The van der Waals surface area contributed by atoms with Gasteiger partial charge >= 0.3 is 0 Å². The Kier molecular flexibility index (Phi) is 5.19. The van der Waals surface area contributed by atoms with Gasteiger partial charge in [0.25, 0.3) is 0 Å². The first-order chi connectivity index (χ1) is 11.9. The average Bonchev–Trinajstić information content (AvgIpc) is 3.01. The zero-order chi connectivity index (χ0) is 18.0. The Hall–Kier alpha value is -1.80. The van der Waals surface area contributed by atoms with Gasteiger partial charge in [-0.1, -0.05) is 42.5 Å². The molecule has 0 radical (unpaired) electrons. The molecule has 0 fully saturated rings. The number of likely N-dealkylation sites (N-methyl/N-ethyl adjacent to an activating group) is 1. The Bertz CT molecular complexity index is 703. The predicted octanol–water partition coefficient (Wildman–Crippen LogP) is 4.91. The van der Waals surface area contributed by atoms with Crippen LogP contribution in [0.2, 0.25) is 0 Å². The van der Waals surface area contributed by atoms with Gasteiger partial charge in [0.05, 0.1) is 0 Å². The van der Waals surface area contributed by atoms with Crippen LogP contribution in [-0.4, -0.2) is 30.1 Å². The summed E-state index contributed by atoms with van der Waals surface area (Å²) >= 11 is 0. The zero-order valence-electron chi connectivity index (χ0n) is 16.4. The minimum absolute atomic E-state index is 0.121. The third-order valence-corrected chi connectivity index (χ3v) is 5.70. The van der Waals surface area contributed by atoms with E-state index in [9.17, 15) is 0 Å². The van der Waals surface area contributed by atoms with Gasteiger partial charge in [0.2, 0.25) is 0 Å². The lowest BCUT2D eigenvalue weighted by atomic mass is 9.89. The average molecular weight is 337 g/mol. The van der Waals surface area contributed by atoms with Crippen LogP contribution in [0.25, 0.3) is 0 Å². The topological polar surface area (TPSA) is 6.48 Å². The van der Waals surface area contributed by atoms with Crippen LogP contribution in [-0.2, 0) is 19.4 Å². The Labute approximate surface area is 153 Å². The van der Waals surface area contributed by atoms with Gasteiger partial charge in [-0.25, -0.2) is 0 Å². The Morgan fingerprint density at radius 3 is 2.44 bits per heavy atom. The highest BCUT2D eigenvalue weighted by Gasteiger charge is 2.28. The molecule has 0 aliphatic carbocycles. The lowest BCUT2D eigenvalue weighted by molar-refractivity contribution is 0.147. The highest BCUT2D eigenvalue weighted by molar-refractivity contribution is 5.61. The van der Waals surface area contributed by atoms with Crippen molar-refractivity contribution in [3.8, 4) is 0 Å². The van der Waals surface area contributed by atoms with Gasteiger partial charge < -0.3 is 4.90 Å². The second kappa shape index (κ2) is 7.21. The number of nitrogens with zero attached hydrogens (tertiary/aromatic N) is 2. The molecule has 1 heterocycles. The van der Waals surface area contributed by atoms with E-state index in [0.29, 0.717) is 6.04 Å². The summed E-state index contributed by atoms with van der Waals surface area (Å²) in [4.78, 5) is 5.02. The summed E-state index contributed by atoms with van der Waals surface area (Å²) in [7, 11) is 2.25. The molecule has 0 spiro atoms. The molecule has 0 N–H and O–H groups in total. The molecule has 1 aliphatic heterocycles. The molecule has 25 heavy (non-hydrogen) atoms. The Morgan fingerprint density at radius 2 is 1.76 bits per heavy atom. The first kappa shape index (κ1) is 18.0. The van der Waals surface area contributed by atoms with Crippen LogP contribution in [0.4, 0.5) is 5.69 Å². The van der Waals surface area contributed by atoms with E-state index < -0.39 is 0 Å². The summed E-state index contributed by atoms with van der Waals surface area (Å²) in [5.41, 5.74) is 6.04. The fraction of sp³-hybridized carbons (Fsp3) is 0.478. The van der Waals surface area contributed by atoms with Gasteiger partial charge in [0.1, 0.15) is 0 Å². The molecule has 134 valence electrons. The van der Waals surface area contributed by atoms with Gasteiger partial charge in [-0.05, 0) is 70.3 Å². The lowest BCUT2D eigenvalue weighted by Gasteiger charge is -2.36. The number of fused-ring (bicyclic) bond motifs is 1. The van der Waals surface area contributed by atoms with Crippen LogP contribution in [0, 0.1) is 0 Å². The summed E-state index contributed by atoms with van der Waals surface area (Å²) < 4.78 is 0. The van der Waals surface area contributed by atoms with Crippen molar-refractivity contribution in [3.05, 3.63) is 65.2 Å². The van der Waals surface area contributed by atoms with Crippen molar-refractivity contribution in [2.24, 2.45) is 0 Å². The molecular formula is C23H32N2. The van der Waals surface area contributed by atoms with Crippen LogP contribution < -0.4 is 4.90 Å². The van der Waals surface area contributed by atoms with E-state index in [1.54, 1.807) is 5.56 Å². The van der Waals surface area contributed by atoms with E-state index in [-0.39, 0.29) is 5.54 Å². The lowest BCUT2D eigenvalue weighted by Crippen LogP contribution is -2.42. The van der Waals surface area contributed by atoms with Crippen molar-refractivity contribution < 1.29 is 0 Å². The highest BCUT2D eigenvalue weighted by atomic mass is 15.2. The molecule has 0 saturated heterocycles. The maximum atomic E-state index is 2.54. The summed E-state index contributed by atoms with van der Waals surface area (Å²) in [6.07, 6.45) is 2.27. The largest absolute Gasteiger partial charge is 0.369 e. The number of hydrogen-bond acceptors (Lipinski definition) is 2.